The van der Waals surface area contributed by atoms with Crippen molar-refractivity contribution >= 4 is 17.8 Å². The zero-order valence-corrected chi connectivity index (χ0v) is 10.8. The summed E-state index contributed by atoms with van der Waals surface area (Å²) in [5.74, 6) is -1.80. The third-order valence-electron chi connectivity index (χ3n) is 3.18. The van der Waals surface area contributed by atoms with E-state index in [-0.39, 0.29) is 5.91 Å². The van der Waals surface area contributed by atoms with Crippen molar-refractivity contribution in [2.45, 2.75) is 31.8 Å². The highest BCUT2D eigenvalue weighted by Crippen LogP contribution is 2.22. The maximum absolute atomic E-state index is 12.1. The number of carboxylic acid groups (broad SMARTS) is 1. The zero-order valence-electron chi connectivity index (χ0n) is 10.8. The number of likely N-dealkylation sites (N-methyl/N-ethyl adjacent to an activating group) is 1. The number of rotatable bonds is 3. The number of carbonyl (C=O) groups is 3. The van der Waals surface area contributed by atoms with Gasteiger partial charge in [0.15, 0.2) is 0 Å². The number of amides is 2. The van der Waals surface area contributed by atoms with Gasteiger partial charge in [-0.1, -0.05) is 0 Å². The Balaban J connectivity index is 2.85. The summed E-state index contributed by atoms with van der Waals surface area (Å²) in [6, 6.07) is -1.11. The van der Waals surface area contributed by atoms with Crippen molar-refractivity contribution in [3.05, 3.63) is 0 Å². The first-order chi connectivity index (χ1) is 8.17. The number of nitrogens with zero attached hydrogens (tertiary/aromatic N) is 2. The van der Waals surface area contributed by atoms with Gasteiger partial charge in [-0.15, -0.1) is 0 Å². The molecule has 0 saturated carbocycles. The number of carbonyl (C=O) groups excluding carboxylic acids is 2. The Bertz CT molecular complexity index is 380. The Kier molecular flexibility index (Phi) is 3.95. The number of piperazine rings is 1. The summed E-state index contributed by atoms with van der Waals surface area (Å²) in [6.07, 6.45) is -0.435. The number of aliphatic carboxylic acids is 1. The molecular weight excluding hydrogens is 238 g/mol. The van der Waals surface area contributed by atoms with Crippen LogP contribution in [0.1, 0.15) is 20.3 Å². The lowest BCUT2D eigenvalue weighted by Crippen LogP contribution is -2.65. The molecule has 0 aromatic carbocycles. The van der Waals surface area contributed by atoms with Crippen molar-refractivity contribution in [3.63, 3.8) is 0 Å². The molecule has 18 heavy (non-hydrogen) atoms. The van der Waals surface area contributed by atoms with Crippen molar-refractivity contribution < 1.29 is 19.5 Å². The summed E-state index contributed by atoms with van der Waals surface area (Å²) in [5.41, 5.74) is 4.57. The predicted molar refractivity (Wildman–Crippen MR) is 63.7 cm³/mol. The van der Waals surface area contributed by atoms with Crippen LogP contribution in [-0.4, -0.2) is 64.4 Å². The lowest BCUT2D eigenvalue weighted by Gasteiger charge is -2.45. The minimum absolute atomic E-state index is 0.176. The third-order valence-corrected chi connectivity index (χ3v) is 3.18. The topological polar surface area (TPSA) is 104 Å². The van der Waals surface area contributed by atoms with Gasteiger partial charge in [0.1, 0.15) is 5.54 Å². The smallest absolute Gasteiger partial charge is 0.305 e. The fourth-order valence-electron chi connectivity index (χ4n) is 2.07. The Labute approximate surface area is 106 Å². The van der Waals surface area contributed by atoms with E-state index >= 15 is 0 Å². The molecule has 0 bridgehead atoms. The lowest BCUT2D eigenvalue weighted by molar-refractivity contribution is -0.158. The highest BCUT2D eigenvalue weighted by molar-refractivity contribution is 5.94. The van der Waals surface area contributed by atoms with Gasteiger partial charge in [-0.05, 0) is 13.8 Å². The van der Waals surface area contributed by atoms with Crippen LogP contribution in [0.3, 0.4) is 0 Å². The van der Waals surface area contributed by atoms with Gasteiger partial charge in [0.05, 0.1) is 12.5 Å². The monoisotopic (exact) mass is 257 g/mol. The van der Waals surface area contributed by atoms with Gasteiger partial charge in [0.2, 0.25) is 11.8 Å². The van der Waals surface area contributed by atoms with Crippen LogP contribution < -0.4 is 5.73 Å². The van der Waals surface area contributed by atoms with Crippen LogP contribution in [0.5, 0.6) is 0 Å². The fraction of sp³-hybridized carbons (Fsp3) is 0.727. The summed E-state index contributed by atoms with van der Waals surface area (Å²) in [5, 5.41) is 8.63. The van der Waals surface area contributed by atoms with E-state index in [0.29, 0.717) is 13.1 Å². The van der Waals surface area contributed by atoms with E-state index < -0.39 is 29.9 Å². The molecule has 0 aromatic heterocycles. The highest BCUT2D eigenvalue weighted by Gasteiger charge is 2.44. The molecule has 1 heterocycles. The first-order valence-corrected chi connectivity index (χ1v) is 5.72. The van der Waals surface area contributed by atoms with E-state index in [0.717, 1.165) is 0 Å². The minimum atomic E-state index is -1.13. The van der Waals surface area contributed by atoms with Crippen LogP contribution in [0.4, 0.5) is 0 Å². The summed E-state index contributed by atoms with van der Waals surface area (Å²) < 4.78 is 0. The number of carboxylic acids is 1. The lowest BCUT2D eigenvalue weighted by atomic mass is 9.96. The van der Waals surface area contributed by atoms with Gasteiger partial charge in [0.25, 0.3) is 0 Å². The quantitative estimate of drug-likeness (QED) is 0.665. The molecule has 1 fully saturated rings. The standard InChI is InChI=1S/C11H19N3O4/c1-11(2)10(18)13(3)4-5-14(11)9(17)7(12)6-8(15)16/h7H,4-6,12H2,1-3H3,(H,15,16). The van der Waals surface area contributed by atoms with E-state index in [4.69, 9.17) is 10.8 Å². The maximum Gasteiger partial charge on any atom is 0.305 e. The molecule has 1 rings (SSSR count). The van der Waals surface area contributed by atoms with Crippen LogP contribution in [0, 0.1) is 0 Å². The van der Waals surface area contributed by atoms with E-state index in [2.05, 4.69) is 0 Å². The molecule has 0 aliphatic carbocycles. The van der Waals surface area contributed by atoms with Crippen molar-refractivity contribution in [2.75, 3.05) is 20.1 Å². The summed E-state index contributed by atoms with van der Waals surface area (Å²) in [7, 11) is 1.67. The average Bonchev–Trinajstić information content (AvgIpc) is 2.24. The maximum atomic E-state index is 12.1. The second kappa shape index (κ2) is 4.93. The van der Waals surface area contributed by atoms with Gasteiger partial charge in [-0.2, -0.15) is 0 Å². The van der Waals surface area contributed by atoms with E-state index in [1.165, 1.54) is 4.90 Å². The van der Waals surface area contributed by atoms with Gasteiger partial charge >= 0.3 is 5.97 Å². The number of nitrogens with two attached hydrogens (primary N) is 1. The minimum Gasteiger partial charge on any atom is -0.481 e. The molecular formula is C11H19N3O4. The van der Waals surface area contributed by atoms with Crippen LogP contribution in [0.25, 0.3) is 0 Å². The second-order valence-electron chi connectivity index (χ2n) is 4.98. The van der Waals surface area contributed by atoms with E-state index in [9.17, 15) is 14.4 Å². The van der Waals surface area contributed by atoms with Gasteiger partial charge in [-0.3, -0.25) is 14.4 Å². The van der Waals surface area contributed by atoms with E-state index in [1.54, 1.807) is 25.8 Å². The molecule has 7 nitrogen and oxygen atoms in total. The van der Waals surface area contributed by atoms with E-state index in [1.807, 2.05) is 0 Å². The Hall–Kier alpha value is -1.63. The van der Waals surface area contributed by atoms with Crippen molar-refractivity contribution in [2.24, 2.45) is 5.73 Å². The van der Waals surface area contributed by atoms with Crippen LogP contribution in [-0.2, 0) is 14.4 Å². The SMILES string of the molecule is CN1CCN(C(=O)C(N)CC(=O)O)C(C)(C)C1=O. The Morgan fingerprint density at radius 2 is 2.00 bits per heavy atom. The molecule has 7 heteroatoms. The predicted octanol–water partition coefficient (Wildman–Crippen LogP) is -1.13. The third kappa shape index (κ3) is 2.61. The van der Waals surface area contributed by atoms with Crippen LogP contribution in [0.2, 0.25) is 0 Å². The second-order valence-corrected chi connectivity index (χ2v) is 4.98. The molecule has 1 aliphatic rings. The number of hydrogen-bond donors (Lipinski definition) is 2. The normalized spacial score (nSPS) is 20.8. The molecule has 0 radical (unpaired) electrons. The summed E-state index contributed by atoms with van der Waals surface area (Å²) >= 11 is 0. The van der Waals surface area contributed by atoms with Gasteiger partial charge in [0, 0.05) is 20.1 Å². The summed E-state index contributed by atoms with van der Waals surface area (Å²) in [4.78, 5) is 37.5. The van der Waals surface area contributed by atoms with Gasteiger partial charge in [-0.25, -0.2) is 0 Å². The van der Waals surface area contributed by atoms with Crippen molar-refractivity contribution in [3.8, 4) is 0 Å². The first kappa shape index (κ1) is 14.4. The molecule has 3 N–H and O–H groups in total. The molecule has 0 aromatic rings. The van der Waals surface area contributed by atoms with Crippen LogP contribution in [0.15, 0.2) is 0 Å². The molecule has 2 amide bonds. The fourth-order valence-corrected chi connectivity index (χ4v) is 2.07. The largest absolute Gasteiger partial charge is 0.481 e. The Morgan fingerprint density at radius 1 is 1.44 bits per heavy atom. The van der Waals surface area contributed by atoms with Gasteiger partial charge < -0.3 is 20.6 Å². The molecule has 1 aliphatic heterocycles. The average molecular weight is 257 g/mol. The number of hydrogen-bond acceptors (Lipinski definition) is 4. The molecule has 1 saturated heterocycles. The zero-order chi connectivity index (χ0) is 14.1. The van der Waals surface area contributed by atoms with Crippen molar-refractivity contribution in [1.29, 1.82) is 0 Å². The molecule has 1 atom stereocenters. The van der Waals surface area contributed by atoms with Crippen LogP contribution >= 0.6 is 0 Å². The summed E-state index contributed by atoms with van der Waals surface area (Å²) in [6.45, 7) is 4.06. The molecule has 1 unspecified atom stereocenters. The molecule has 0 spiro atoms. The first-order valence-electron chi connectivity index (χ1n) is 5.72. The molecule has 102 valence electrons. The highest BCUT2D eigenvalue weighted by atomic mass is 16.4. The van der Waals surface area contributed by atoms with Crippen molar-refractivity contribution in [1.82, 2.24) is 9.80 Å². The Morgan fingerprint density at radius 3 is 2.50 bits per heavy atom.